The minimum atomic E-state index is 0.521. The van der Waals surface area contributed by atoms with Crippen molar-refractivity contribution in [2.45, 2.75) is 70.4 Å². The molecule has 0 amide bonds. The van der Waals surface area contributed by atoms with E-state index in [4.69, 9.17) is 0 Å². The lowest BCUT2D eigenvalue weighted by atomic mass is 9.78. The third-order valence-corrected chi connectivity index (χ3v) is 4.76. The van der Waals surface area contributed by atoms with Crippen molar-refractivity contribution in [3.63, 3.8) is 0 Å². The Bertz CT molecular complexity index is 197. The number of hydrogen-bond acceptors (Lipinski definition) is 2. The van der Waals surface area contributed by atoms with E-state index in [2.05, 4.69) is 24.1 Å². The highest BCUT2D eigenvalue weighted by atomic mass is 15.3. The molecule has 1 N–H and O–H groups in total. The van der Waals surface area contributed by atoms with E-state index in [0.29, 0.717) is 5.54 Å². The molecule has 94 valence electrons. The van der Waals surface area contributed by atoms with E-state index in [1.807, 2.05) is 0 Å². The molecular formula is C14H28N2. The maximum Gasteiger partial charge on any atom is 0.0337 e. The van der Waals surface area contributed by atoms with E-state index in [-0.39, 0.29) is 0 Å². The second-order valence-corrected chi connectivity index (χ2v) is 5.63. The van der Waals surface area contributed by atoms with Crippen molar-refractivity contribution in [1.29, 1.82) is 0 Å². The first-order valence-electron chi connectivity index (χ1n) is 7.30. The van der Waals surface area contributed by atoms with E-state index in [1.165, 1.54) is 64.6 Å². The molecule has 1 aliphatic carbocycles. The van der Waals surface area contributed by atoms with Gasteiger partial charge in [-0.2, -0.15) is 0 Å². The van der Waals surface area contributed by atoms with Gasteiger partial charge in [-0.15, -0.1) is 0 Å². The van der Waals surface area contributed by atoms with Crippen molar-refractivity contribution in [3.8, 4) is 0 Å². The fraction of sp³-hybridized carbons (Fsp3) is 1.00. The summed E-state index contributed by atoms with van der Waals surface area (Å²) in [5, 5.41) is 3.64. The average molecular weight is 224 g/mol. The van der Waals surface area contributed by atoms with E-state index < -0.39 is 0 Å². The highest BCUT2D eigenvalue weighted by Gasteiger charge is 2.41. The molecule has 2 fully saturated rings. The molecular weight excluding hydrogens is 196 g/mol. The number of nitrogens with zero attached hydrogens (tertiary/aromatic N) is 1. The second kappa shape index (κ2) is 5.50. The molecule has 0 atom stereocenters. The molecule has 2 nitrogen and oxygen atoms in total. The largest absolute Gasteiger partial charge is 0.314 e. The van der Waals surface area contributed by atoms with Crippen molar-refractivity contribution < 1.29 is 0 Å². The highest BCUT2D eigenvalue weighted by molar-refractivity contribution is 4.99. The minimum Gasteiger partial charge on any atom is -0.314 e. The Morgan fingerprint density at radius 1 is 1.12 bits per heavy atom. The second-order valence-electron chi connectivity index (χ2n) is 5.63. The Morgan fingerprint density at radius 2 is 1.81 bits per heavy atom. The van der Waals surface area contributed by atoms with Crippen molar-refractivity contribution in [2.24, 2.45) is 0 Å². The van der Waals surface area contributed by atoms with E-state index in [0.717, 1.165) is 6.04 Å². The number of piperazine rings is 1. The lowest BCUT2D eigenvalue weighted by molar-refractivity contribution is -0.00979. The summed E-state index contributed by atoms with van der Waals surface area (Å²) >= 11 is 0. The zero-order chi connectivity index (χ0) is 11.4. The quantitative estimate of drug-likeness (QED) is 0.793. The van der Waals surface area contributed by atoms with Gasteiger partial charge in [0.25, 0.3) is 0 Å². The molecule has 1 aliphatic heterocycles. The lowest BCUT2D eigenvalue weighted by Gasteiger charge is -2.53. The molecule has 1 spiro atoms. The van der Waals surface area contributed by atoms with Gasteiger partial charge in [0.1, 0.15) is 0 Å². The smallest absolute Gasteiger partial charge is 0.0337 e. The Balaban J connectivity index is 2.11. The first kappa shape index (κ1) is 12.4. The van der Waals surface area contributed by atoms with Crippen LogP contribution in [0.3, 0.4) is 0 Å². The first-order chi connectivity index (χ1) is 7.82. The summed E-state index contributed by atoms with van der Waals surface area (Å²) < 4.78 is 0. The molecule has 16 heavy (non-hydrogen) atoms. The molecule has 1 saturated heterocycles. The number of rotatable bonds is 3. The zero-order valence-corrected chi connectivity index (χ0v) is 11.1. The van der Waals surface area contributed by atoms with Crippen LogP contribution in [-0.4, -0.2) is 36.1 Å². The zero-order valence-electron chi connectivity index (χ0n) is 11.1. The van der Waals surface area contributed by atoms with Gasteiger partial charge >= 0.3 is 0 Å². The van der Waals surface area contributed by atoms with Crippen molar-refractivity contribution in [1.82, 2.24) is 10.2 Å². The van der Waals surface area contributed by atoms with Crippen molar-refractivity contribution in [3.05, 3.63) is 0 Å². The third kappa shape index (κ3) is 2.28. The monoisotopic (exact) mass is 224 g/mol. The van der Waals surface area contributed by atoms with Gasteiger partial charge in [0.05, 0.1) is 0 Å². The molecule has 0 aromatic heterocycles. The molecule has 2 aliphatic rings. The maximum absolute atomic E-state index is 3.64. The summed E-state index contributed by atoms with van der Waals surface area (Å²) in [5.74, 6) is 0. The average Bonchev–Trinajstić information content (AvgIpc) is 2.34. The van der Waals surface area contributed by atoms with Crippen LogP contribution in [0.1, 0.15) is 58.8 Å². The van der Waals surface area contributed by atoms with Crippen LogP contribution >= 0.6 is 0 Å². The summed E-state index contributed by atoms with van der Waals surface area (Å²) in [6.45, 7) is 8.41. The van der Waals surface area contributed by atoms with Crippen LogP contribution in [0.4, 0.5) is 0 Å². The molecule has 2 heteroatoms. The van der Waals surface area contributed by atoms with Crippen molar-refractivity contribution >= 4 is 0 Å². The molecule has 1 heterocycles. The third-order valence-electron chi connectivity index (χ3n) is 4.76. The van der Waals surface area contributed by atoms with Crippen LogP contribution in [0.25, 0.3) is 0 Å². The predicted octanol–water partition coefficient (Wildman–Crippen LogP) is 2.78. The van der Waals surface area contributed by atoms with Gasteiger partial charge in [-0.3, -0.25) is 4.90 Å². The van der Waals surface area contributed by atoms with Crippen LogP contribution in [0.2, 0.25) is 0 Å². The SMILES string of the molecule is CCC(CC)N1CCNCC12CCCCC2. The van der Waals surface area contributed by atoms with Crippen LogP contribution < -0.4 is 5.32 Å². The molecule has 0 aromatic rings. The summed E-state index contributed by atoms with van der Waals surface area (Å²) in [4.78, 5) is 2.86. The fourth-order valence-electron chi connectivity index (χ4n) is 3.83. The fourth-order valence-corrected chi connectivity index (χ4v) is 3.83. The summed E-state index contributed by atoms with van der Waals surface area (Å²) in [5.41, 5.74) is 0.521. The van der Waals surface area contributed by atoms with Crippen LogP contribution in [-0.2, 0) is 0 Å². The van der Waals surface area contributed by atoms with Gasteiger partial charge < -0.3 is 5.32 Å². The lowest BCUT2D eigenvalue weighted by Crippen LogP contribution is -2.64. The van der Waals surface area contributed by atoms with Gasteiger partial charge in [-0.1, -0.05) is 33.1 Å². The Hall–Kier alpha value is -0.0800. The van der Waals surface area contributed by atoms with Gasteiger partial charge in [-0.25, -0.2) is 0 Å². The molecule has 0 unspecified atom stereocenters. The van der Waals surface area contributed by atoms with Gasteiger partial charge in [0.15, 0.2) is 0 Å². The summed E-state index contributed by atoms with van der Waals surface area (Å²) in [6.07, 6.45) is 9.83. The molecule has 1 saturated carbocycles. The standard InChI is InChI=1S/C14H28N2/c1-3-13(4-2)16-11-10-15-12-14(16)8-6-5-7-9-14/h13,15H,3-12H2,1-2H3. The maximum atomic E-state index is 3.64. The van der Waals surface area contributed by atoms with Crippen LogP contribution in [0.15, 0.2) is 0 Å². The van der Waals surface area contributed by atoms with Crippen LogP contribution in [0.5, 0.6) is 0 Å². The molecule has 0 bridgehead atoms. The number of nitrogens with one attached hydrogen (secondary N) is 1. The highest BCUT2D eigenvalue weighted by Crippen LogP contribution is 2.36. The summed E-state index contributed by atoms with van der Waals surface area (Å²) in [7, 11) is 0. The number of hydrogen-bond donors (Lipinski definition) is 1. The predicted molar refractivity (Wildman–Crippen MR) is 69.8 cm³/mol. The Labute approximate surface area is 101 Å². The van der Waals surface area contributed by atoms with Gasteiger partial charge in [0.2, 0.25) is 0 Å². The van der Waals surface area contributed by atoms with Gasteiger partial charge in [-0.05, 0) is 25.7 Å². The minimum absolute atomic E-state index is 0.521. The first-order valence-corrected chi connectivity index (χ1v) is 7.30. The van der Waals surface area contributed by atoms with E-state index >= 15 is 0 Å². The topological polar surface area (TPSA) is 15.3 Å². The van der Waals surface area contributed by atoms with Crippen molar-refractivity contribution in [2.75, 3.05) is 19.6 Å². The Kier molecular flexibility index (Phi) is 4.26. The van der Waals surface area contributed by atoms with Crippen LogP contribution in [0, 0.1) is 0 Å². The normalized spacial score (nSPS) is 26.4. The molecule has 2 rings (SSSR count). The Morgan fingerprint density at radius 3 is 2.44 bits per heavy atom. The summed E-state index contributed by atoms with van der Waals surface area (Å²) in [6, 6.07) is 0.820. The molecule has 0 radical (unpaired) electrons. The molecule has 0 aromatic carbocycles. The van der Waals surface area contributed by atoms with E-state index in [1.54, 1.807) is 0 Å². The van der Waals surface area contributed by atoms with E-state index in [9.17, 15) is 0 Å². The van der Waals surface area contributed by atoms with Gasteiger partial charge in [0, 0.05) is 31.2 Å².